The van der Waals surface area contributed by atoms with Crippen molar-refractivity contribution in [3.63, 3.8) is 0 Å². The second-order valence-corrected chi connectivity index (χ2v) is 6.03. The zero-order valence-corrected chi connectivity index (χ0v) is 12.8. The molecule has 0 spiro atoms. The van der Waals surface area contributed by atoms with E-state index in [0.29, 0.717) is 19.5 Å². The van der Waals surface area contributed by atoms with Crippen LogP contribution in [0.3, 0.4) is 0 Å². The van der Waals surface area contributed by atoms with Gasteiger partial charge in [-0.3, -0.25) is 14.4 Å². The van der Waals surface area contributed by atoms with Crippen LogP contribution < -0.4 is 5.32 Å². The lowest BCUT2D eigenvalue weighted by atomic mass is 10.1. The van der Waals surface area contributed by atoms with Crippen molar-refractivity contribution < 1.29 is 18.8 Å². The molecule has 1 aromatic carbocycles. The van der Waals surface area contributed by atoms with Crippen LogP contribution >= 0.6 is 0 Å². The minimum Gasteiger partial charge on any atom is -0.352 e. The predicted molar refractivity (Wildman–Crippen MR) is 80.0 cm³/mol. The molecule has 0 aromatic heterocycles. The number of carbonyl (C=O) groups excluding carboxylic acids is 3. The summed E-state index contributed by atoms with van der Waals surface area (Å²) in [5.41, 5.74) is 0.239. The Labute approximate surface area is 133 Å². The Morgan fingerprint density at radius 3 is 2.78 bits per heavy atom. The molecule has 6 nitrogen and oxygen atoms in total. The summed E-state index contributed by atoms with van der Waals surface area (Å²) in [6.07, 6.45) is 0.623. The zero-order valence-electron chi connectivity index (χ0n) is 12.8. The molecule has 0 saturated carbocycles. The van der Waals surface area contributed by atoms with Gasteiger partial charge in [0.05, 0.1) is 6.04 Å². The Morgan fingerprint density at radius 1 is 1.30 bits per heavy atom. The molecule has 0 bridgehead atoms. The van der Waals surface area contributed by atoms with Crippen molar-refractivity contribution in [1.29, 1.82) is 0 Å². The van der Waals surface area contributed by atoms with E-state index in [1.807, 2.05) is 0 Å². The Bertz CT molecular complexity index is 664. The molecule has 0 aliphatic carbocycles. The predicted octanol–water partition coefficient (Wildman–Crippen LogP) is 0.387. The Balaban J connectivity index is 1.72. The molecule has 7 heteroatoms. The smallest absolute Gasteiger partial charge is 0.254 e. The fourth-order valence-corrected chi connectivity index (χ4v) is 3.32. The summed E-state index contributed by atoms with van der Waals surface area (Å²) in [6.45, 7) is 2.31. The highest BCUT2D eigenvalue weighted by Crippen LogP contribution is 2.24. The summed E-state index contributed by atoms with van der Waals surface area (Å²) >= 11 is 0. The molecule has 0 unspecified atom stereocenters. The van der Waals surface area contributed by atoms with E-state index in [-0.39, 0.29) is 41.9 Å². The lowest BCUT2D eigenvalue weighted by Gasteiger charge is -2.36. The van der Waals surface area contributed by atoms with E-state index in [1.54, 1.807) is 4.90 Å². The second-order valence-electron chi connectivity index (χ2n) is 6.03. The topological polar surface area (TPSA) is 69.7 Å². The first-order chi connectivity index (χ1) is 10.9. The molecular weight excluding hydrogens is 301 g/mol. The van der Waals surface area contributed by atoms with Crippen LogP contribution in [0.5, 0.6) is 0 Å². The molecule has 2 atom stereocenters. The molecular formula is C16H18FN3O3. The van der Waals surface area contributed by atoms with E-state index in [9.17, 15) is 18.8 Å². The fourth-order valence-electron chi connectivity index (χ4n) is 3.32. The average molecular weight is 319 g/mol. The molecule has 3 rings (SSSR count). The van der Waals surface area contributed by atoms with Crippen molar-refractivity contribution in [3.05, 3.63) is 35.6 Å². The number of amides is 3. The third kappa shape index (κ3) is 3.18. The van der Waals surface area contributed by atoms with Crippen LogP contribution in [0.1, 0.15) is 23.7 Å². The Kier molecular flexibility index (Phi) is 4.02. The number of rotatable bonds is 2. The number of hydrogen-bond acceptors (Lipinski definition) is 3. The van der Waals surface area contributed by atoms with Gasteiger partial charge in [0.1, 0.15) is 12.4 Å². The molecule has 2 saturated heterocycles. The van der Waals surface area contributed by atoms with Gasteiger partial charge < -0.3 is 15.1 Å². The first kappa shape index (κ1) is 15.5. The maximum atomic E-state index is 13.3. The van der Waals surface area contributed by atoms with Crippen molar-refractivity contribution in [2.75, 3.05) is 19.6 Å². The van der Waals surface area contributed by atoms with Crippen molar-refractivity contribution in [3.8, 4) is 0 Å². The molecule has 1 aromatic rings. The van der Waals surface area contributed by atoms with Crippen molar-refractivity contribution in [2.45, 2.75) is 25.4 Å². The number of carbonyl (C=O) groups is 3. The fraction of sp³-hybridized carbons (Fsp3) is 0.438. The largest absolute Gasteiger partial charge is 0.352 e. The summed E-state index contributed by atoms with van der Waals surface area (Å²) in [5, 5.41) is 2.82. The van der Waals surface area contributed by atoms with Gasteiger partial charge in [0.25, 0.3) is 5.91 Å². The van der Waals surface area contributed by atoms with Crippen LogP contribution in [0.15, 0.2) is 24.3 Å². The molecule has 2 heterocycles. The van der Waals surface area contributed by atoms with Gasteiger partial charge in [0.2, 0.25) is 11.8 Å². The van der Waals surface area contributed by atoms with E-state index < -0.39 is 5.82 Å². The quantitative estimate of drug-likeness (QED) is 0.857. The number of hydrogen-bond donors (Lipinski definition) is 1. The van der Waals surface area contributed by atoms with E-state index in [2.05, 4.69) is 5.32 Å². The SMILES string of the molecule is CC(=O)N[C@H]1C[C@H]2CN(C(=O)c3cccc(F)c3)CC(=O)N2C1. The van der Waals surface area contributed by atoms with Crippen molar-refractivity contribution in [2.24, 2.45) is 0 Å². The van der Waals surface area contributed by atoms with E-state index in [1.165, 1.54) is 36.1 Å². The highest BCUT2D eigenvalue weighted by Gasteiger charge is 2.41. The zero-order chi connectivity index (χ0) is 16.6. The third-order valence-electron chi connectivity index (χ3n) is 4.26. The van der Waals surface area contributed by atoms with Gasteiger partial charge in [-0.25, -0.2) is 4.39 Å². The minimum atomic E-state index is -0.479. The summed E-state index contributed by atoms with van der Waals surface area (Å²) < 4.78 is 13.3. The van der Waals surface area contributed by atoms with Crippen LogP contribution in [-0.4, -0.2) is 59.2 Å². The monoisotopic (exact) mass is 319 g/mol. The number of piperazine rings is 1. The Morgan fingerprint density at radius 2 is 2.09 bits per heavy atom. The van der Waals surface area contributed by atoms with Crippen LogP contribution in [0, 0.1) is 5.82 Å². The second kappa shape index (κ2) is 5.98. The third-order valence-corrected chi connectivity index (χ3v) is 4.26. The molecule has 2 aliphatic rings. The lowest BCUT2D eigenvalue weighted by Crippen LogP contribution is -2.55. The lowest BCUT2D eigenvalue weighted by molar-refractivity contribution is -0.136. The van der Waals surface area contributed by atoms with Gasteiger partial charge in [0, 0.05) is 31.6 Å². The van der Waals surface area contributed by atoms with Crippen LogP contribution in [-0.2, 0) is 9.59 Å². The number of fused-ring (bicyclic) bond motifs is 1. The van der Waals surface area contributed by atoms with Gasteiger partial charge in [-0.15, -0.1) is 0 Å². The van der Waals surface area contributed by atoms with Crippen molar-refractivity contribution >= 4 is 17.7 Å². The molecule has 2 aliphatic heterocycles. The van der Waals surface area contributed by atoms with E-state index >= 15 is 0 Å². The highest BCUT2D eigenvalue weighted by atomic mass is 19.1. The van der Waals surface area contributed by atoms with Crippen molar-refractivity contribution in [1.82, 2.24) is 15.1 Å². The average Bonchev–Trinajstić information content (AvgIpc) is 2.88. The highest BCUT2D eigenvalue weighted by molar-refractivity contribution is 5.97. The van der Waals surface area contributed by atoms with Crippen LogP contribution in [0.2, 0.25) is 0 Å². The normalized spacial score (nSPS) is 23.7. The Hall–Kier alpha value is -2.44. The summed E-state index contributed by atoms with van der Waals surface area (Å²) in [7, 11) is 0. The van der Waals surface area contributed by atoms with Gasteiger partial charge in [-0.05, 0) is 24.6 Å². The molecule has 122 valence electrons. The maximum Gasteiger partial charge on any atom is 0.254 e. The molecule has 0 radical (unpaired) electrons. The molecule has 3 amide bonds. The standard InChI is InChI=1S/C16H18FN3O3/c1-10(21)18-13-6-14-8-19(9-15(22)20(14)7-13)16(23)11-3-2-4-12(17)5-11/h2-5,13-14H,6-9H2,1H3,(H,18,21)/t13-,14-/m0/s1. The van der Waals surface area contributed by atoms with Crippen LogP contribution in [0.25, 0.3) is 0 Å². The van der Waals surface area contributed by atoms with E-state index in [0.717, 1.165) is 0 Å². The number of halogens is 1. The molecule has 1 N–H and O–H groups in total. The van der Waals surface area contributed by atoms with Crippen LogP contribution in [0.4, 0.5) is 4.39 Å². The summed E-state index contributed by atoms with van der Waals surface area (Å²) in [4.78, 5) is 39.1. The van der Waals surface area contributed by atoms with Gasteiger partial charge >= 0.3 is 0 Å². The molecule has 23 heavy (non-hydrogen) atoms. The number of benzene rings is 1. The van der Waals surface area contributed by atoms with Gasteiger partial charge in [-0.2, -0.15) is 0 Å². The first-order valence-corrected chi connectivity index (χ1v) is 7.55. The number of nitrogens with one attached hydrogen (secondary N) is 1. The van der Waals surface area contributed by atoms with E-state index in [4.69, 9.17) is 0 Å². The maximum absolute atomic E-state index is 13.3. The van der Waals surface area contributed by atoms with Gasteiger partial charge in [-0.1, -0.05) is 6.07 Å². The number of nitrogens with zero attached hydrogens (tertiary/aromatic N) is 2. The molecule has 2 fully saturated rings. The summed E-state index contributed by atoms with van der Waals surface area (Å²) in [6, 6.07) is 5.28. The minimum absolute atomic E-state index is 0.0152. The summed E-state index contributed by atoms with van der Waals surface area (Å²) in [5.74, 6) is -1.10. The van der Waals surface area contributed by atoms with Gasteiger partial charge in [0.15, 0.2) is 0 Å². The first-order valence-electron chi connectivity index (χ1n) is 7.55.